The van der Waals surface area contributed by atoms with Gasteiger partial charge in [0.1, 0.15) is 12.9 Å². The monoisotopic (exact) mass is 726 g/mol. The average molecular weight is 727 g/mol. The Balaban J connectivity index is 1.28. The van der Waals surface area contributed by atoms with Crippen LogP contribution >= 0.6 is 11.6 Å². The molecule has 5 heterocycles. The summed E-state index contributed by atoms with van der Waals surface area (Å²) in [4.78, 5) is 56.0. The molecule has 2 atom stereocenters. The first-order valence-corrected chi connectivity index (χ1v) is 16.9. The molecule has 1 spiro atoms. The Morgan fingerprint density at radius 3 is 2.73 bits per heavy atom. The number of rotatable bonds is 5. The maximum atomic E-state index is 14.5. The van der Waals surface area contributed by atoms with Crippen molar-refractivity contribution in [3.8, 4) is 5.75 Å². The Bertz CT molecular complexity index is 2170. The standard InChI is InChI=1S/C34H34ClF3N8O5/c1-18-15-33(8-3-10-44(11-9-33)31(50)26-28(48)19(2)39-17-40-26)25-27(18)45(16-24(47)41-23-5-4-21(14-22(23)35)34(36,37)38)32-42-29(43-46(32)30(25)49)20-6-12-51-13-7-20/h4-6,14,17-18,48H,3,7-13,15-16H2,1-2H3,(H,41,47). The van der Waals surface area contributed by atoms with E-state index in [1.807, 2.05) is 13.0 Å². The van der Waals surface area contributed by atoms with E-state index >= 15 is 0 Å². The number of halogens is 4. The molecule has 0 radical (unpaired) electrons. The van der Waals surface area contributed by atoms with E-state index in [0.29, 0.717) is 68.9 Å². The molecule has 4 aromatic rings. The lowest BCUT2D eigenvalue weighted by Crippen LogP contribution is -2.37. The van der Waals surface area contributed by atoms with Crippen LogP contribution in [0.1, 0.15) is 83.8 Å². The minimum Gasteiger partial charge on any atom is -0.504 e. The van der Waals surface area contributed by atoms with Gasteiger partial charge in [0, 0.05) is 29.8 Å². The number of carbonyl (C=O) groups excluding carboxylic acids is 2. The van der Waals surface area contributed by atoms with Crippen LogP contribution in [0.15, 0.2) is 35.4 Å². The van der Waals surface area contributed by atoms with E-state index in [-0.39, 0.29) is 58.2 Å². The number of hydrogen-bond donors (Lipinski definition) is 2. The van der Waals surface area contributed by atoms with Gasteiger partial charge in [-0.1, -0.05) is 24.6 Å². The molecule has 1 fully saturated rings. The molecular weight excluding hydrogens is 693 g/mol. The van der Waals surface area contributed by atoms with Crippen molar-refractivity contribution in [1.29, 1.82) is 0 Å². The SMILES string of the molecule is Cc1ncnc(C(=O)N2CCCC3(CC2)CC(C)c2c3c(=O)n3nc(C4=CCOCC4)nc3n2CC(=O)Nc2ccc(C(F)(F)F)cc2Cl)c1O. The quantitative estimate of drug-likeness (QED) is 0.293. The summed E-state index contributed by atoms with van der Waals surface area (Å²) in [5.74, 6) is -1.03. The molecule has 268 valence electrons. The number of fused-ring (bicyclic) bond motifs is 3. The highest BCUT2D eigenvalue weighted by atomic mass is 35.5. The molecule has 1 aliphatic carbocycles. The topological polar surface area (TPSA) is 157 Å². The predicted molar refractivity (Wildman–Crippen MR) is 179 cm³/mol. The van der Waals surface area contributed by atoms with Gasteiger partial charge in [-0.25, -0.2) is 9.97 Å². The number of alkyl halides is 3. The van der Waals surface area contributed by atoms with Crippen LogP contribution < -0.4 is 10.9 Å². The van der Waals surface area contributed by atoms with Crippen molar-refractivity contribution in [2.75, 3.05) is 31.6 Å². The van der Waals surface area contributed by atoms with Gasteiger partial charge in [-0.05, 0) is 68.7 Å². The second-order valence-corrected chi connectivity index (χ2v) is 13.7. The van der Waals surface area contributed by atoms with Gasteiger partial charge in [-0.15, -0.1) is 5.10 Å². The maximum absolute atomic E-state index is 14.5. The number of aromatic hydroxyl groups is 1. The number of likely N-dealkylation sites (tertiary alicyclic amines) is 1. The summed E-state index contributed by atoms with van der Waals surface area (Å²) in [5.41, 5.74) is 0.137. The number of nitrogens with one attached hydrogen (secondary N) is 1. The summed E-state index contributed by atoms with van der Waals surface area (Å²) in [7, 11) is 0. The molecule has 3 aromatic heterocycles. The van der Waals surface area contributed by atoms with Crippen molar-refractivity contribution in [2.24, 2.45) is 0 Å². The Morgan fingerprint density at radius 2 is 2.00 bits per heavy atom. The normalized spacial score (nSPS) is 20.7. The molecule has 0 bridgehead atoms. The molecule has 2 amide bonds. The highest BCUT2D eigenvalue weighted by Crippen LogP contribution is 2.50. The molecule has 51 heavy (non-hydrogen) atoms. The van der Waals surface area contributed by atoms with E-state index in [1.54, 1.807) is 16.4 Å². The molecule has 3 aliphatic rings. The number of amides is 2. The van der Waals surface area contributed by atoms with E-state index in [2.05, 4.69) is 20.4 Å². The Labute approximate surface area is 294 Å². The molecule has 0 saturated carbocycles. The molecular formula is C34H34ClF3N8O5. The summed E-state index contributed by atoms with van der Waals surface area (Å²) < 4.78 is 48.0. The van der Waals surface area contributed by atoms with Crippen molar-refractivity contribution in [3.63, 3.8) is 0 Å². The van der Waals surface area contributed by atoms with Crippen LogP contribution in [0, 0.1) is 6.92 Å². The van der Waals surface area contributed by atoms with Crippen LogP contribution in [0.4, 0.5) is 18.9 Å². The number of hydrogen-bond acceptors (Lipinski definition) is 9. The third kappa shape index (κ3) is 6.24. The second kappa shape index (κ2) is 13.1. The molecule has 2 aliphatic heterocycles. The summed E-state index contributed by atoms with van der Waals surface area (Å²) in [6.45, 7) is 4.71. The summed E-state index contributed by atoms with van der Waals surface area (Å²) in [5, 5.41) is 17.5. The molecule has 17 heteroatoms. The van der Waals surface area contributed by atoms with Crippen LogP contribution in [-0.4, -0.2) is 77.3 Å². The fourth-order valence-electron chi connectivity index (χ4n) is 7.64. The lowest BCUT2D eigenvalue weighted by Gasteiger charge is -2.29. The first kappa shape index (κ1) is 34.6. The van der Waals surface area contributed by atoms with Crippen molar-refractivity contribution >= 4 is 40.5 Å². The van der Waals surface area contributed by atoms with E-state index in [4.69, 9.17) is 21.3 Å². The largest absolute Gasteiger partial charge is 0.504 e. The number of benzene rings is 1. The fourth-order valence-corrected chi connectivity index (χ4v) is 7.87. The number of aryl methyl sites for hydroxylation is 1. The molecule has 2 unspecified atom stereocenters. The second-order valence-electron chi connectivity index (χ2n) is 13.3. The smallest absolute Gasteiger partial charge is 0.416 e. The molecule has 1 aromatic carbocycles. The van der Waals surface area contributed by atoms with Gasteiger partial charge in [-0.2, -0.15) is 22.7 Å². The van der Waals surface area contributed by atoms with Crippen molar-refractivity contribution in [2.45, 2.75) is 70.0 Å². The zero-order chi connectivity index (χ0) is 36.2. The average Bonchev–Trinajstić information content (AvgIpc) is 3.59. The lowest BCUT2D eigenvalue weighted by atomic mass is 9.75. The molecule has 2 N–H and O–H groups in total. The lowest BCUT2D eigenvalue weighted by molar-refractivity contribution is -0.137. The molecule has 13 nitrogen and oxygen atoms in total. The Morgan fingerprint density at radius 1 is 1.20 bits per heavy atom. The van der Waals surface area contributed by atoms with E-state index in [0.717, 1.165) is 23.8 Å². The van der Waals surface area contributed by atoms with Crippen LogP contribution in [0.3, 0.4) is 0 Å². The first-order chi connectivity index (χ1) is 24.3. The minimum absolute atomic E-state index is 0.000794. The molecule has 7 rings (SSSR count). The number of ether oxygens (including phenoxy) is 1. The number of anilines is 1. The predicted octanol–water partition coefficient (Wildman–Crippen LogP) is 4.88. The number of nitrogens with zero attached hydrogens (tertiary/aromatic N) is 7. The fraction of sp³-hybridized carbons (Fsp3) is 0.441. The van der Waals surface area contributed by atoms with Gasteiger partial charge in [-0.3, -0.25) is 14.4 Å². The zero-order valence-electron chi connectivity index (χ0n) is 27.8. The third-order valence-electron chi connectivity index (χ3n) is 10.0. The van der Waals surface area contributed by atoms with Gasteiger partial charge in [0.25, 0.3) is 11.5 Å². The summed E-state index contributed by atoms with van der Waals surface area (Å²) in [6, 6.07) is 2.68. The third-order valence-corrected chi connectivity index (χ3v) is 10.4. The van der Waals surface area contributed by atoms with E-state index in [9.17, 15) is 32.7 Å². The zero-order valence-corrected chi connectivity index (χ0v) is 28.5. The molecule has 1 saturated heterocycles. The first-order valence-electron chi connectivity index (χ1n) is 16.5. The van der Waals surface area contributed by atoms with Crippen LogP contribution in [0.5, 0.6) is 5.75 Å². The number of carbonyl (C=O) groups is 2. The highest BCUT2D eigenvalue weighted by Gasteiger charge is 2.48. The summed E-state index contributed by atoms with van der Waals surface area (Å²) >= 11 is 6.15. The van der Waals surface area contributed by atoms with Crippen LogP contribution in [-0.2, 0) is 27.7 Å². The van der Waals surface area contributed by atoms with Crippen molar-refractivity contribution in [3.05, 3.63) is 80.0 Å². The highest BCUT2D eigenvalue weighted by molar-refractivity contribution is 6.33. The summed E-state index contributed by atoms with van der Waals surface area (Å²) in [6.07, 6.45) is 1.12. The minimum atomic E-state index is -4.61. The maximum Gasteiger partial charge on any atom is 0.416 e. The van der Waals surface area contributed by atoms with Crippen molar-refractivity contribution in [1.82, 2.24) is 34.0 Å². The van der Waals surface area contributed by atoms with Gasteiger partial charge in [0.15, 0.2) is 17.3 Å². The van der Waals surface area contributed by atoms with E-state index < -0.39 is 29.0 Å². The Kier molecular flexibility index (Phi) is 8.86. The van der Waals surface area contributed by atoms with Crippen LogP contribution in [0.25, 0.3) is 11.4 Å². The van der Waals surface area contributed by atoms with E-state index in [1.165, 1.54) is 10.8 Å². The van der Waals surface area contributed by atoms with Crippen LogP contribution in [0.2, 0.25) is 5.02 Å². The van der Waals surface area contributed by atoms with Gasteiger partial charge in [0.05, 0.1) is 35.2 Å². The Hall–Kier alpha value is -4.83. The van der Waals surface area contributed by atoms with Gasteiger partial charge >= 0.3 is 6.18 Å². The van der Waals surface area contributed by atoms with Gasteiger partial charge in [0.2, 0.25) is 11.7 Å². The number of aromatic nitrogens is 6. The van der Waals surface area contributed by atoms with Crippen molar-refractivity contribution < 1.29 is 32.6 Å². The van der Waals surface area contributed by atoms with Gasteiger partial charge < -0.3 is 24.6 Å².